The summed E-state index contributed by atoms with van der Waals surface area (Å²) in [6.45, 7) is -0.0366. The Morgan fingerprint density at radius 3 is 2.34 bits per heavy atom. The number of nitrogens with zero attached hydrogens (tertiary/aromatic N) is 3. The normalized spacial score (nSPS) is 17.6. The van der Waals surface area contributed by atoms with Gasteiger partial charge in [-0.15, -0.1) is 11.3 Å². The van der Waals surface area contributed by atoms with Gasteiger partial charge >= 0.3 is 6.03 Å². The summed E-state index contributed by atoms with van der Waals surface area (Å²) in [4.78, 5) is 46.9. The standard InChI is InChI=1S/C27H24N4O3S/c1-30(17-23-28-21-14-8-9-15-22(21)35-23)24(32)18-31-25(33)27(29-26(31)34,20-12-6-3-7-13-20)16-19-10-4-2-5-11-19/h2-15H,16-18H2,1H3,(H,29,34)/t27-/m0/s1. The monoisotopic (exact) mass is 484 g/mol. The molecule has 4 amide bonds. The Kier molecular flexibility index (Phi) is 6.05. The molecule has 8 heteroatoms. The molecule has 0 aliphatic carbocycles. The number of rotatable bonds is 7. The zero-order valence-electron chi connectivity index (χ0n) is 19.2. The number of imide groups is 1. The summed E-state index contributed by atoms with van der Waals surface area (Å²) >= 11 is 1.52. The van der Waals surface area contributed by atoms with Crippen molar-refractivity contribution >= 4 is 39.4 Å². The van der Waals surface area contributed by atoms with Crippen molar-refractivity contribution in [3.05, 3.63) is 101 Å². The van der Waals surface area contributed by atoms with E-state index in [0.717, 1.165) is 25.7 Å². The maximum atomic E-state index is 13.7. The zero-order chi connectivity index (χ0) is 24.4. The largest absolute Gasteiger partial charge is 0.337 e. The van der Waals surface area contributed by atoms with Crippen molar-refractivity contribution in [3.63, 3.8) is 0 Å². The molecule has 1 atom stereocenters. The third-order valence-corrected chi connectivity index (χ3v) is 7.21. The Morgan fingerprint density at radius 1 is 0.971 bits per heavy atom. The molecule has 35 heavy (non-hydrogen) atoms. The minimum atomic E-state index is -1.27. The molecule has 1 aliphatic heterocycles. The van der Waals surface area contributed by atoms with Crippen molar-refractivity contribution in [1.29, 1.82) is 0 Å². The van der Waals surface area contributed by atoms with Gasteiger partial charge in [-0.2, -0.15) is 0 Å². The number of thiazole rings is 1. The van der Waals surface area contributed by atoms with E-state index >= 15 is 0 Å². The van der Waals surface area contributed by atoms with Crippen LogP contribution in [-0.2, 0) is 28.1 Å². The van der Waals surface area contributed by atoms with Crippen LogP contribution in [0.15, 0.2) is 84.9 Å². The van der Waals surface area contributed by atoms with Crippen LogP contribution in [0.5, 0.6) is 0 Å². The quantitative estimate of drug-likeness (QED) is 0.403. The summed E-state index contributed by atoms with van der Waals surface area (Å²) < 4.78 is 1.05. The van der Waals surface area contributed by atoms with Crippen LogP contribution < -0.4 is 5.32 Å². The zero-order valence-corrected chi connectivity index (χ0v) is 20.0. The van der Waals surface area contributed by atoms with Gasteiger partial charge in [0, 0.05) is 13.5 Å². The van der Waals surface area contributed by atoms with E-state index in [1.54, 1.807) is 7.05 Å². The highest BCUT2D eigenvalue weighted by Crippen LogP contribution is 2.33. The molecule has 0 bridgehead atoms. The van der Waals surface area contributed by atoms with Gasteiger partial charge in [-0.1, -0.05) is 72.8 Å². The molecule has 0 radical (unpaired) electrons. The summed E-state index contributed by atoms with van der Waals surface area (Å²) in [5, 5.41) is 3.69. The number of fused-ring (bicyclic) bond motifs is 1. The first kappa shape index (κ1) is 22.7. The first-order valence-electron chi connectivity index (χ1n) is 11.3. The van der Waals surface area contributed by atoms with Crippen molar-refractivity contribution in [2.45, 2.75) is 18.5 Å². The van der Waals surface area contributed by atoms with Crippen molar-refractivity contribution in [2.75, 3.05) is 13.6 Å². The summed E-state index contributed by atoms with van der Waals surface area (Å²) in [6, 6.07) is 25.9. The highest BCUT2D eigenvalue weighted by Gasteiger charge is 2.52. The van der Waals surface area contributed by atoms with Gasteiger partial charge in [-0.25, -0.2) is 9.78 Å². The Bertz CT molecular complexity index is 1360. The number of hydrogen-bond donors (Lipinski definition) is 1. The average molecular weight is 485 g/mol. The van der Waals surface area contributed by atoms with Gasteiger partial charge in [0.15, 0.2) is 5.54 Å². The molecule has 7 nitrogen and oxygen atoms in total. The number of carbonyl (C=O) groups is 3. The fourth-order valence-electron chi connectivity index (χ4n) is 4.35. The Labute approximate surface area is 207 Å². The van der Waals surface area contributed by atoms with E-state index in [9.17, 15) is 14.4 Å². The van der Waals surface area contributed by atoms with E-state index in [-0.39, 0.29) is 18.9 Å². The molecular formula is C27H24N4O3S. The number of benzene rings is 3. The van der Waals surface area contributed by atoms with Gasteiger partial charge in [-0.05, 0) is 23.3 Å². The molecule has 0 spiro atoms. The lowest BCUT2D eigenvalue weighted by molar-refractivity contribution is -0.138. The van der Waals surface area contributed by atoms with E-state index in [1.165, 1.54) is 16.2 Å². The maximum absolute atomic E-state index is 13.7. The second kappa shape index (κ2) is 9.31. The summed E-state index contributed by atoms with van der Waals surface area (Å²) in [5.41, 5.74) is 1.20. The number of aromatic nitrogens is 1. The lowest BCUT2D eigenvalue weighted by Crippen LogP contribution is -2.47. The number of urea groups is 1. The molecule has 1 saturated heterocycles. The maximum Gasteiger partial charge on any atom is 0.325 e. The third-order valence-electron chi connectivity index (χ3n) is 6.18. The van der Waals surface area contributed by atoms with Gasteiger partial charge < -0.3 is 10.2 Å². The lowest BCUT2D eigenvalue weighted by atomic mass is 9.83. The van der Waals surface area contributed by atoms with Crippen LogP contribution in [0.25, 0.3) is 10.2 Å². The van der Waals surface area contributed by atoms with Crippen LogP contribution in [0.2, 0.25) is 0 Å². The first-order chi connectivity index (χ1) is 17.0. The minimum Gasteiger partial charge on any atom is -0.337 e. The number of nitrogens with one attached hydrogen (secondary N) is 1. The van der Waals surface area contributed by atoms with Crippen LogP contribution in [0, 0.1) is 0 Å². The molecule has 0 unspecified atom stereocenters. The minimum absolute atomic E-state index is 0.286. The van der Waals surface area contributed by atoms with E-state index in [4.69, 9.17) is 0 Å². The second-order valence-corrected chi connectivity index (χ2v) is 9.70. The molecule has 1 aliphatic rings. The highest BCUT2D eigenvalue weighted by molar-refractivity contribution is 7.18. The number of amides is 4. The molecule has 1 N–H and O–H groups in total. The topological polar surface area (TPSA) is 82.6 Å². The van der Waals surface area contributed by atoms with Crippen LogP contribution >= 0.6 is 11.3 Å². The smallest absolute Gasteiger partial charge is 0.325 e. The molecule has 2 heterocycles. The predicted octanol–water partition coefficient (Wildman–Crippen LogP) is 3.94. The number of hydrogen-bond acceptors (Lipinski definition) is 5. The van der Waals surface area contributed by atoms with E-state index in [1.807, 2.05) is 84.9 Å². The summed E-state index contributed by atoms with van der Waals surface area (Å²) in [6.07, 6.45) is 0.286. The Hall–Kier alpha value is -4.04. The average Bonchev–Trinajstić information content (AvgIpc) is 3.39. The molecule has 1 aromatic heterocycles. The summed E-state index contributed by atoms with van der Waals surface area (Å²) in [7, 11) is 1.65. The molecule has 0 saturated carbocycles. The first-order valence-corrected chi connectivity index (χ1v) is 12.1. The van der Waals surface area contributed by atoms with Gasteiger partial charge in [0.2, 0.25) is 5.91 Å². The molecule has 5 rings (SSSR count). The molecule has 1 fully saturated rings. The SMILES string of the molecule is CN(Cc1nc2ccccc2s1)C(=O)CN1C(=O)N[C@@](Cc2ccccc2)(c2ccccc2)C1=O. The van der Waals surface area contributed by atoms with Crippen LogP contribution in [0.1, 0.15) is 16.1 Å². The molecule has 3 aromatic carbocycles. The second-order valence-electron chi connectivity index (χ2n) is 8.58. The van der Waals surface area contributed by atoms with Gasteiger partial charge in [0.25, 0.3) is 5.91 Å². The van der Waals surface area contributed by atoms with E-state index < -0.39 is 17.5 Å². The fraction of sp³-hybridized carbons (Fsp3) is 0.185. The molecule has 176 valence electrons. The number of para-hydroxylation sites is 1. The third kappa shape index (κ3) is 4.40. The number of carbonyl (C=O) groups excluding carboxylic acids is 3. The van der Waals surface area contributed by atoms with Crippen LogP contribution in [-0.4, -0.2) is 46.2 Å². The summed E-state index contributed by atoms with van der Waals surface area (Å²) in [5.74, 6) is -0.768. The number of likely N-dealkylation sites (N-methyl/N-ethyl adjacent to an activating group) is 1. The predicted molar refractivity (Wildman–Crippen MR) is 135 cm³/mol. The van der Waals surface area contributed by atoms with Gasteiger partial charge in [0.1, 0.15) is 11.6 Å². The van der Waals surface area contributed by atoms with Crippen molar-refractivity contribution in [2.24, 2.45) is 0 Å². The Morgan fingerprint density at radius 2 is 1.63 bits per heavy atom. The van der Waals surface area contributed by atoms with E-state index in [2.05, 4.69) is 10.3 Å². The fourth-order valence-corrected chi connectivity index (χ4v) is 5.37. The van der Waals surface area contributed by atoms with E-state index in [0.29, 0.717) is 12.1 Å². The Balaban J connectivity index is 1.36. The van der Waals surface area contributed by atoms with Crippen LogP contribution in [0.3, 0.4) is 0 Å². The van der Waals surface area contributed by atoms with Gasteiger partial charge in [0.05, 0.1) is 16.8 Å². The van der Waals surface area contributed by atoms with Gasteiger partial charge in [-0.3, -0.25) is 14.5 Å². The van der Waals surface area contributed by atoms with Crippen molar-refractivity contribution in [3.8, 4) is 0 Å². The van der Waals surface area contributed by atoms with Crippen LogP contribution in [0.4, 0.5) is 4.79 Å². The highest BCUT2D eigenvalue weighted by atomic mass is 32.1. The molecule has 4 aromatic rings. The van der Waals surface area contributed by atoms with Crippen molar-refractivity contribution in [1.82, 2.24) is 20.1 Å². The van der Waals surface area contributed by atoms with Crippen molar-refractivity contribution < 1.29 is 14.4 Å². The lowest BCUT2D eigenvalue weighted by Gasteiger charge is -2.28. The molecular weight excluding hydrogens is 460 g/mol.